The summed E-state index contributed by atoms with van der Waals surface area (Å²) in [5.74, 6) is 1.65. The number of fused-ring (bicyclic) bond motifs is 6. The van der Waals surface area contributed by atoms with Crippen LogP contribution in [0.25, 0.3) is 72.6 Å². The largest absolute Gasteiger partial charge is 0.438 e. The lowest BCUT2D eigenvalue weighted by atomic mass is 9.64. The first-order valence-corrected chi connectivity index (χ1v) is 19.1. The highest BCUT2D eigenvalue weighted by Crippen LogP contribution is 2.48. The molecule has 0 aliphatic rings. The fourth-order valence-corrected chi connectivity index (χ4v) is 8.64. The van der Waals surface area contributed by atoms with Crippen LogP contribution in [0.15, 0.2) is 205 Å². The minimum Gasteiger partial charge on any atom is -0.438 e. The van der Waals surface area contributed by atoms with E-state index >= 15 is 0 Å². The highest BCUT2D eigenvalue weighted by atomic mass is 16.3. The van der Waals surface area contributed by atoms with Crippen LogP contribution in [-0.2, 0) is 5.41 Å². The molecule has 0 amide bonds. The van der Waals surface area contributed by atoms with Crippen LogP contribution in [0.3, 0.4) is 0 Å². The second-order valence-electron chi connectivity index (χ2n) is 14.2. The topological polar surface area (TPSA) is 69.6 Å². The van der Waals surface area contributed by atoms with Crippen LogP contribution in [0, 0.1) is 0 Å². The predicted molar refractivity (Wildman–Crippen MR) is 228 cm³/mol. The van der Waals surface area contributed by atoms with Crippen LogP contribution in [0.1, 0.15) is 22.3 Å². The number of benzene rings is 7. The average molecular weight is 732 g/mol. The van der Waals surface area contributed by atoms with Gasteiger partial charge in [-0.3, -0.25) is 4.57 Å². The van der Waals surface area contributed by atoms with Gasteiger partial charge in [0.05, 0.1) is 16.4 Å². The van der Waals surface area contributed by atoms with Crippen molar-refractivity contribution in [3.05, 3.63) is 223 Å². The molecule has 4 aromatic heterocycles. The van der Waals surface area contributed by atoms with Crippen molar-refractivity contribution in [2.24, 2.45) is 0 Å². The van der Waals surface area contributed by atoms with Gasteiger partial charge in [-0.05, 0) is 64.7 Å². The van der Waals surface area contributed by atoms with E-state index in [1.165, 1.54) is 0 Å². The Labute approximate surface area is 328 Å². The number of nitrogens with zero attached hydrogens (tertiary/aromatic N) is 5. The van der Waals surface area contributed by atoms with Crippen molar-refractivity contribution >= 4 is 43.9 Å². The van der Waals surface area contributed by atoms with Gasteiger partial charge in [0.15, 0.2) is 11.6 Å². The number of hydrogen-bond acceptors (Lipinski definition) is 5. The van der Waals surface area contributed by atoms with Gasteiger partial charge in [-0.25, -0.2) is 9.97 Å². The second kappa shape index (κ2) is 13.3. The molecule has 6 heteroatoms. The minimum absolute atomic E-state index is 0.533. The Balaban J connectivity index is 1.24. The first kappa shape index (κ1) is 32.7. The van der Waals surface area contributed by atoms with Crippen molar-refractivity contribution in [2.75, 3.05) is 0 Å². The highest BCUT2D eigenvalue weighted by Gasteiger charge is 2.40. The average Bonchev–Trinajstić information content (AvgIpc) is 3.83. The van der Waals surface area contributed by atoms with E-state index in [9.17, 15) is 0 Å². The molecule has 0 atom stereocenters. The fraction of sp³-hybridized carbons (Fsp3) is 0.0196. The van der Waals surface area contributed by atoms with E-state index in [0.717, 1.165) is 71.5 Å². The molecule has 0 unspecified atom stereocenters. The molecule has 57 heavy (non-hydrogen) atoms. The molecule has 0 bridgehead atoms. The molecule has 0 radical (unpaired) electrons. The molecule has 0 saturated carbocycles. The van der Waals surface area contributed by atoms with Gasteiger partial charge in [-0.15, -0.1) is 0 Å². The number of para-hydroxylation sites is 2. The maximum absolute atomic E-state index is 6.13. The Hall–Kier alpha value is -7.70. The third kappa shape index (κ3) is 5.19. The Morgan fingerprint density at radius 3 is 1.63 bits per heavy atom. The van der Waals surface area contributed by atoms with E-state index in [1.807, 2.05) is 24.3 Å². The Kier molecular flexibility index (Phi) is 7.60. The Morgan fingerprint density at radius 2 is 0.982 bits per heavy atom. The third-order valence-electron chi connectivity index (χ3n) is 11.1. The van der Waals surface area contributed by atoms with Gasteiger partial charge in [-0.1, -0.05) is 152 Å². The van der Waals surface area contributed by atoms with Gasteiger partial charge in [0.2, 0.25) is 11.7 Å². The molecule has 268 valence electrons. The van der Waals surface area contributed by atoms with Crippen molar-refractivity contribution in [2.45, 2.75) is 5.41 Å². The molecule has 0 spiro atoms. The van der Waals surface area contributed by atoms with Gasteiger partial charge in [0.25, 0.3) is 0 Å². The molecule has 0 saturated heterocycles. The minimum atomic E-state index is -0.720. The van der Waals surface area contributed by atoms with Gasteiger partial charge < -0.3 is 4.42 Å². The molecule has 6 nitrogen and oxygen atoms in total. The number of rotatable bonds is 7. The van der Waals surface area contributed by atoms with Crippen molar-refractivity contribution in [1.82, 2.24) is 24.5 Å². The van der Waals surface area contributed by atoms with Crippen molar-refractivity contribution in [3.63, 3.8) is 0 Å². The maximum atomic E-state index is 6.13. The lowest BCUT2D eigenvalue weighted by Crippen LogP contribution is -2.31. The summed E-state index contributed by atoms with van der Waals surface area (Å²) in [5, 5.41) is 4.15. The molecule has 11 rings (SSSR count). The van der Waals surface area contributed by atoms with E-state index < -0.39 is 5.41 Å². The molecule has 11 aromatic rings. The Morgan fingerprint density at radius 1 is 0.439 bits per heavy atom. The first-order valence-electron chi connectivity index (χ1n) is 19.1. The molecule has 4 heterocycles. The van der Waals surface area contributed by atoms with E-state index in [1.54, 1.807) is 6.20 Å². The van der Waals surface area contributed by atoms with Crippen molar-refractivity contribution < 1.29 is 4.42 Å². The summed E-state index contributed by atoms with van der Waals surface area (Å²) in [5.41, 5.74) is 8.88. The molecular weight excluding hydrogens is 699 g/mol. The van der Waals surface area contributed by atoms with Crippen LogP contribution >= 0.6 is 0 Å². The zero-order valence-corrected chi connectivity index (χ0v) is 30.7. The molecule has 0 fully saturated rings. The quantitative estimate of drug-likeness (QED) is 0.153. The second-order valence-corrected chi connectivity index (χ2v) is 14.2. The molecule has 7 aromatic carbocycles. The zero-order chi connectivity index (χ0) is 37.8. The fourth-order valence-electron chi connectivity index (χ4n) is 8.64. The lowest BCUT2D eigenvalue weighted by Gasteiger charge is -2.38. The summed E-state index contributed by atoms with van der Waals surface area (Å²) in [6.45, 7) is 0. The predicted octanol–water partition coefficient (Wildman–Crippen LogP) is 12.0. The molecular formula is C51H33N5O. The number of pyridine rings is 1. The third-order valence-corrected chi connectivity index (χ3v) is 11.1. The van der Waals surface area contributed by atoms with Crippen LogP contribution < -0.4 is 0 Å². The summed E-state index contributed by atoms with van der Waals surface area (Å²) < 4.78 is 8.29. The smallest absolute Gasteiger partial charge is 0.238 e. The monoisotopic (exact) mass is 731 g/mol. The molecule has 0 aliphatic carbocycles. The Bertz CT molecular complexity index is 3090. The zero-order valence-electron chi connectivity index (χ0n) is 30.7. The first-order chi connectivity index (χ1) is 28.3. The number of hydrogen-bond donors (Lipinski definition) is 0. The number of furan rings is 1. The van der Waals surface area contributed by atoms with Crippen molar-refractivity contribution in [3.8, 4) is 28.7 Å². The lowest BCUT2D eigenvalue weighted by molar-refractivity contribution is 0.654. The van der Waals surface area contributed by atoms with E-state index in [2.05, 4.69) is 179 Å². The standard InChI is InChI=1S/C51H33N5O/c1-4-17-35(18-5-1)51(36-19-6-2-7-20-36,37-21-8-3-9-22-37)43-27-13-10-25-41(43)48-53-47(34-30-31-46-42(33-34)40-26-16-32-52-49(40)57-46)54-50(55-48)56-44-28-14-11-23-38(44)39-24-12-15-29-45(39)56/h1-33H. The van der Waals surface area contributed by atoms with Crippen LogP contribution in [0.5, 0.6) is 0 Å². The van der Waals surface area contributed by atoms with Gasteiger partial charge in [0.1, 0.15) is 5.58 Å². The normalized spacial score (nSPS) is 11.9. The van der Waals surface area contributed by atoms with Crippen LogP contribution in [0.2, 0.25) is 0 Å². The highest BCUT2D eigenvalue weighted by molar-refractivity contribution is 6.09. The van der Waals surface area contributed by atoms with Gasteiger partial charge in [0, 0.05) is 38.9 Å². The summed E-state index contributed by atoms with van der Waals surface area (Å²) >= 11 is 0. The van der Waals surface area contributed by atoms with E-state index in [4.69, 9.17) is 19.4 Å². The SMILES string of the molecule is c1ccc(C(c2ccccc2)(c2ccccc2)c2ccccc2-c2nc(-c3ccc4oc5ncccc5c4c3)nc(-n3c4ccccc4c4ccccc43)n2)cc1. The summed E-state index contributed by atoms with van der Waals surface area (Å²) in [6.07, 6.45) is 1.75. The summed E-state index contributed by atoms with van der Waals surface area (Å²) in [4.78, 5) is 20.6. The van der Waals surface area contributed by atoms with Gasteiger partial charge in [-0.2, -0.15) is 9.97 Å². The number of aromatic nitrogens is 5. The summed E-state index contributed by atoms with van der Waals surface area (Å²) in [7, 11) is 0. The van der Waals surface area contributed by atoms with Crippen molar-refractivity contribution in [1.29, 1.82) is 0 Å². The van der Waals surface area contributed by atoms with E-state index in [0.29, 0.717) is 23.3 Å². The summed E-state index contributed by atoms with van der Waals surface area (Å²) in [6, 6.07) is 67.7. The van der Waals surface area contributed by atoms with E-state index in [-0.39, 0.29) is 0 Å². The van der Waals surface area contributed by atoms with Crippen LogP contribution in [0.4, 0.5) is 0 Å². The maximum Gasteiger partial charge on any atom is 0.238 e. The molecule has 0 aliphatic heterocycles. The molecule has 0 N–H and O–H groups in total. The van der Waals surface area contributed by atoms with Gasteiger partial charge >= 0.3 is 0 Å². The van der Waals surface area contributed by atoms with Crippen LogP contribution in [-0.4, -0.2) is 24.5 Å².